The summed E-state index contributed by atoms with van der Waals surface area (Å²) in [6.45, 7) is 30.0. The number of rotatable bonds is 24. The fourth-order valence-corrected chi connectivity index (χ4v) is 5.29. The first-order valence-electron chi connectivity index (χ1n) is 17.3. The Labute approximate surface area is 336 Å². The molecule has 278 valence electrons. The van der Waals surface area contributed by atoms with Crippen molar-refractivity contribution < 1.29 is 23.9 Å². The number of hydrogen-bond acceptors (Lipinski definition) is 0. The SMILES string of the molecule is CCCC[N+](CCCC)(CCCC)CCCC.CCCC[N+](CCCC)(CCCC)CCCC.[Br][Re]([Br])([Br])[Br].[Br][Re]([Br])([Br])[Br]. The van der Waals surface area contributed by atoms with Gasteiger partial charge in [-0.1, -0.05) is 107 Å². The van der Waals surface area contributed by atoms with Gasteiger partial charge in [0.05, 0.1) is 52.4 Å². The molecule has 0 spiro atoms. The van der Waals surface area contributed by atoms with Crippen LogP contribution >= 0.6 is 107 Å². The van der Waals surface area contributed by atoms with Gasteiger partial charge in [-0.05, 0) is 51.4 Å². The second-order valence-corrected chi connectivity index (χ2v) is 154. The molecule has 0 rings (SSSR count). The van der Waals surface area contributed by atoms with Gasteiger partial charge in [-0.15, -0.1) is 0 Å². The van der Waals surface area contributed by atoms with Crippen molar-refractivity contribution in [1.29, 1.82) is 0 Å². The van der Waals surface area contributed by atoms with E-state index in [-0.39, 0.29) is 0 Å². The molecule has 0 unspecified atom stereocenters. The van der Waals surface area contributed by atoms with E-state index in [0.717, 1.165) is 0 Å². The van der Waals surface area contributed by atoms with Gasteiger partial charge in [0.15, 0.2) is 0 Å². The Kier molecular flexibility index (Phi) is 48.0. The second kappa shape index (κ2) is 37.8. The molecule has 0 aliphatic carbocycles. The molecule has 0 aliphatic rings. The number of quaternary nitrogens is 2. The summed E-state index contributed by atoms with van der Waals surface area (Å²) in [5, 5.41) is 0. The Balaban J connectivity index is -0.000000278. The maximum atomic E-state index is 3.33. The summed E-state index contributed by atoms with van der Waals surface area (Å²) < 4.78 is 2.84. The standard InChI is InChI=1S/2C16H36N.8BrH.2Re/c2*1-5-9-13-17(14-10-6-2,15-11-7-3)16-12-8-4;;;;;;;;;;/h2*5-16H2,1-4H3;8*1H;;/q2*+1;;;;;;;;;2*+4/p-8. The van der Waals surface area contributed by atoms with Crippen LogP contribution < -0.4 is 0 Å². The summed E-state index contributed by atoms with van der Waals surface area (Å²) >= 11 is 26.6. The van der Waals surface area contributed by atoms with Gasteiger partial charge in [0.25, 0.3) is 0 Å². The van der Waals surface area contributed by atoms with Crippen LogP contribution in [0.15, 0.2) is 0 Å². The number of hydrogen-bond donors (Lipinski definition) is 0. The zero-order valence-corrected chi connectivity index (χ0v) is 47.8. The summed E-state index contributed by atoms with van der Waals surface area (Å²) in [6.07, 6.45) is 22.1. The van der Waals surface area contributed by atoms with E-state index in [1.165, 1.54) is 164 Å². The quantitative estimate of drug-likeness (QED) is 0.0845. The number of nitrogens with zero attached hydrogens (tertiary/aromatic N) is 2. The molecule has 44 heavy (non-hydrogen) atoms. The van der Waals surface area contributed by atoms with E-state index in [9.17, 15) is 0 Å². The van der Waals surface area contributed by atoms with E-state index in [2.05, 4.69) is 163 Å². The molecule has 0 aliphatic heterocycles. The van der Waals surface area contributed by atoms with Gasteiger partial charge >= 0.3 is 122 Å². The van der Waals surface area contributed by atoms with Crippen molar-refractivity contribution in [3.8, 4) is 0 Å². The minimum atomic E-state index is -1.86. The molecule has 0 amide bonds. The van der Waals surface area contributed by atoms with E-state index in [1.807, 2.05) is 0 Å². The third-order valence-electron chi connectivity index (χ3n) is 7.89. The average Bonchev–Trinajstić information content (AvgIpc) is 2.94. The first-order valence-corrected chi connectivity index (χ1v) is 64.8. The molecule has 0 atom stereocenters. The normalized spacial score (nSPS) is 12.7. The van der Waals surface area contributed by atoms with Crippen molar-refractivity contribution in [2.24, 2.45) is 0 Å². The molecule has 0 saturated heterocycles. The number of unbranched alkanes of at least 4 members (excludes halogenated alkanes) is 8. The van der Waals surface area contributed by atoms with Gasteiger partial charge in [0, 0.05) is 0 Å². The van der Waals surface area contributed by atoms with Gasteiger partial charge in [-0.2, -0.15) is 0 Å². The molecule has 2 nitrogen and oxygen atoms in total. The molecule has 0 fully saturated rings. The van der Waals surface area contributed by atoms with Gasteiger partial charge in [-0.3, -0.25) is 0 Å². The molecule has 0 bridgehead atoms. The van der Waals surface area contributed by atoms with Crippen LogP contribution in [-0.2, 0) is 14.9 Å². The van der Waals surface area contributed by atoms with Crippen LogP contribution in [0.25, 0.3) is 0 Å². The minimum absolute atomic E-state index is 1.35. The number of halogens is 8. The Morgan fingerprint density at radius 3 is 0.432 bits per heavy atom. The van der Waals surface area contributed by atoms with Crippen LogP contribution in [0.2, 0.25) is 0 Å². The summed E-state index contributed by atoms with van der Waals surface area (Å²) in [5.41, 5.74) is 0. The molecular formula is C32H72Br8N2Re2+2. The Morgan fingerprint density at radius 2 is 0.364 bits per heavy atom. The van der Waals surface area contributed by atoms with Crippen LogP contribution in [-0.4, -0.2) is 61.3 Å². The third kappa shape index (κ3) is 49.2. The van der Waals surface area contributed by atoms with Crippen molar-refractivity contribution in [3.05, 3.63) is 0 Å². The van der Waals surface area contributed by atoms with Crippen LogP contribution in [0.5, 0.6) is 0 Å². The van der Waals surface area contributed by atoms with E-state index >= 15 is 0 Å². The van der Waals surface area contributed by atoms with Crippen molar-refractivity contribution in [1.82, 2.24) is 0 Å². The average molecular weight is 1500 g/mol. The Hall–Kier alpha value is 5.08. The molecule has 0 aromatic heterocycles. The van der Waals surface area contributed by atoms with Crippen molar-refractivity contribution in [2.45, 2.75) is 158 Å². The van der Waals surface area contributed by atoms with Crippen LogP contribution in [0.1, 0.15) is 158 Å². The molecule has 0 radical (unpaired) electrons. The van der Waals surface area contributed by atoms with E-state index < -0.39 is 14.9 Å². The first kappa shape index (κ1) is 55.8. The van der Waals surface area contributed by atoms with E-state index in [4.69, 9.17) is 0 Å². The zero-order chi connectivity index (χ0) is 35.0. The van der Waals surface area contributed by atoms with Gasteiger partial charge < -0.3 is 8.97 Å². The topological polar surface area (TPSA) is 0 Å². The molecular weight excluding hydrogens is 1420 g/mol. The zero-order valence-electron chi connectivity index (χ0n) is 29.6. The van der Waals surface area contributed by atoms with Crippen molar-refractivity contribution in [3.63, 3.8) is 0 Å². The monoisotopic (exact) mass is 1490 g/mol. The van der Waals surface area contributed by atoms with Gasteiger partial charge in [-0.25, -0.2) is 0 Å². The van der Waals surface area contributed by atoms with Crippen LogP contribution in [0.4, 0.5) is 0 Å². The summed E-state index contributed by atoms with van der Waals surface area (Å²) in [5.74, 6) is 0. The van der Waals surface area contributed by atoms with Crippen molar-refractivity contribution >= 4 is 107 Å². The predicted molar refractivity (Wildman–Crippen MR) is 230 cm³/mol. The van der Waals surface area contributed by atoms with E-state index in [1.54, 1.807) is 0 Å². The van der Waals surface area contributed by atoms with Crippen LogP contribution in [0.3, 0.4) is 0 Å². The van der Waals surface area contributed by atoms with Gasteiger partial charge in [0.1, 0.15) is 0 Å². The molecule has 0 heterocycles. The summed E-state index contributed by atoms with van der Waals surface area (Å²) in [4.78, 5) is 0. The van der Waals surface area contributed by atoms with Crippen LogP contribution in [0, 0.1) is 0 Å². The first-order chi connectivity index (χ1) is 20.5. The molecule has 0 saturated carbocycles. The molecule has 0 aromatic rings. The third-order valence-corrected chi connectivity index (χ3v) is 7.89. The van der Waals surface area contributed by atoms with Crippen molar-refractivity contribution in [2.75, 3.05) is 52.4 Å². The van der Waals surface area contributed by atoms with E-state index in [0.29, 0.717) is 0 Å². The summed E-state index contributed by atoms with van der Waals surface area (Å²) in [7, 11) is -3.72. The molecule has 12 heteroatoms. The predicted octanol–water partition coefficient (Wildman–Crippen LogP) is 16.8. The maximum absolute atomic E-state index is 3.33. The fourth-order valence-electron chi connectivity index (χ4n) is 5.29. The van der Waals surface area contributed by atoms with Gasteiger partial charge in [0.2, 0.25) is 0 Å². The summed E-state index contributed by atoms with van der Waals surface area (Å²) in [6, 6.07) is 0. The molecule has 0 aromatic carbocycles. The fraction of sp³-hybridized carbons (Fsp3) is 1.00. The molecule has 0 N–H and O–H groups in total. The Bertz CT molecular complexity index is 430. The second-order valence-electron chi connectivity index (χ2n) is 11.9. The Morgan fingerprint density at radius 1 is 0.273 bits per heavy atom.